The molecule has 1 aliphatic heterocycles. The first kappa shape index (κ1) is 25.3. The van der Waals surface area contributed by atoms with Crippen molar-refractivity contribution >= 4 is 27.9 Å². The Hall–Kier alpha value is -3.37. The van der Waals surface area contributed by atoms with Gasteiger partial charge in [0.25, 0.3) is 0 Å². The Bertz CT molecular complexity index is 1170. The molecule has 2 aromatic carbocycles. The van der Waals surface area contributed by atoms with E-state index in [4.69, 9.17) is 18.9 Å². The van der Waals surface area contributed by atoms with Crippen LogP contribution in [0.1, 0.15) is 28.8 Å². The highest BCUT2D eigenvalue weighted by Gasteiger charge is 2.27. The summed E-state index contributed by atoms with van der Waals surface area (Å²) < 4.78 is 47.4. The van der Waals surface area contributed by atoms with Crippen LogP contribution in [-0.4, -0.2) is 65.5 Å². The van der Waals surface area contributed by atoms with E-state index in [-0.39, 0.29) is 10.5 Å². The molecule has 0 N–H and O–H groups in total. The Kier molecular flexibility index (Phi) is 8.30. The maximum atomic E-state index is 12.6. The zero-order valence-electron chi connectivity index (χ0n) is 19.3. The number of carbonyl (C=O) groups excluding carboxylic acids is 2. The van der Waals surface area contributed by atoms with E-state index in [1.807, 2.05) is 0 Å². The number of ether oxygens (including phenoxy) is 4. The van der Waals surface area contributed by atoms with Crippen molar-refractivity contribution in [3.8, 4) is 17.2 Å². The molecule has 0 saturated carbocycles. The summed E-state index contributed by atoms with van der Waals surface area (Å²) >= 11 is 0. The summed E-state index contributed by atoms with van der Waals surface area (Å²) in [5.41, 5.74) is 0.803. The van der Waals surface area contributed by atoms with Crippen molar-refractivity contribution in [3.05, 3.63) is 53.6 Å². The third-order valence-electron chi connectivity index (χ3n) is 5.36. The van der Waals surface area contributed by atoms with Crippen molar-refractivity contribution in [1.82, 2.24) is 4.31 Å². The van der Waals surface area contributed by atoms with Crippen LogP contribution in [0.3, 0.4) is 0 Å². The molecule has 1 aliphatic rings. The topological polar surface area (TPSA) is 108 Å². The summed E-state index contributed by atoms with van der Waals surface area (Å²) in [4.78, 5) is 24.6. The Morgan fingerprint density at radius 3 is 2.09 bits per heavy atom. The summed E-state index contributed by atoms with van der Waals surface area (Å²) in [7, 11) is 0.921. The smallest absolute Gasteiger partial charge is 0.331 e. The van der Waals surface area contributed by atoms with Gasteiger partial charge in [-0.3, -0.25) is 4.79 Å². The van der Waals surface area contributed by atoms with E-state index >= 15 is 0 Å². The molecule has 9 nitrogen and oxygen atoms in total. The molecule has 0 bridgehead atoms. The van der Waals surface area contributed by atoms with E-state index in [1.54, 1.807) is 12.1 Å². The molecule has 1 fully saturated rings. The average Bonchev–Trinajstić information content (AvgIpc) is 3.41. The fourth-order valence-electron chi connectivity index (χ4n) is 3.50. The first-order valence-electron chi connectivity index (χ1n) is 10.6. The number of sulfonamides is 1. The normalized spacial score (nSPS) is 14.2. The van der Waals surface area contributed by atoms with Gasteiger partial charge in [-0.15, -0.1) is 0 Å². The number of carbonyl (C=O) groups is 2. The Morgan fingerprint density at radius 2 is 1.50 bits per heavy atom. The molecule has 2 aromatic rings. The lowest BCUT2D eigenvalue weighted by molar-refractivity contribution is -0.136. The van der Waals surface area contributed by atoms with Crippen LogP contribution in [0, 0.1) is 0 Å². The van der Waals surface area contributed by atoms with Crippen LogP contribution < -0.4 is 14.2 Å². The molecule has 1 heterocycles. The van der Waals surface area contributed by atoms with Crippen molar-refractivity contribution in [2.24, 2.45) is 0 Å². The van der Waals surface area contributed by atoms with Crippen LogP contribution in [0.25, 0.3) is 6.08 Å². The average molecular weight is 490 g/mol. The van der Waals surface area contributed by atoms with Crippen molar-refractivity contribution in [3.63, 3.8) is 0 Å². The van der Waals surface area contributed by atoms with Gasteiger partial charge in [0.2, 0.25) is 10.0 Å². The second-order valence-electron chi connectivity index (χ2n) is 7.45. The summed E-state index contributed by atoms with van der Waals surface area (Å²) in [6.45, 7) is 0.522. The molecule has 0 radical (unpaired) electrons. The highest BCUT2D eigenvalue weighted by molar-refractivity contribution is 7.89. The zero-order chi connectivity index (χ0) is 24.7. The molecular formula is C24H27NO8S. The van der Waals surface area contributed by atoms with Gasteiger partial charge in [0, 0.05) is 36.4 Å². The van der Waals surface area contributed by atoms with Gasteiger partial charge < -0.3 is 18.9 Å². The number of esters is 1. The van der Waals surface area contributed by atoms with Gasteiger partial charge >= 0.3 is 5.97 Å². The summed E-state index contributed by atoms with van der Waals surface area (Å²) in [5.74, 6) is 0.223. The third-order valence-corrected chi connectivity index (χ3v) is 7.27. The van der Waals surface area contributed by atoms with E-state index in [1.165, 1.54) is 62.1 Å². The third kappa shape index (κ3) is 5.75. The van der Waals surface area contributed by atoms with Crippen LogP contribution in [0.5, 0.6) is 17.2 Å². The molecule has 0 spiro atoms. The molecule has 34 heavy (non-hydrogen) atoms. The number of rotatable bonds is 10. The van der Waals surface area contributed by atoms with E-state index in [0.717, 1.165) is 12.8 Å². The minimum atomic E-state index is -3.56. The number of hydrogen-bond donors (Lipinski definition) is 0. The molecule has 182 valence electrons. The van der Waals surface area contributed by atoms with E-state index in [9.17, 15) is 18.0 Å². The molecule has 3 rings (SSSR count). The zero-order valence-corrected chi connectivity index (χ0v) is 20.1. The second kappa shape index (κ2) is 11.2. The Balaban J connectivity index is 1.61. The standard InChI is InChI=1S/C24H27NO8S/c1-30-21-15-23(32-3)22(31-2)14-18(21)8-11-24(27)33-16-20(26)17-6-9-19(10-7-17)34(28,29)25-12-4-5-13-25/h6-11,14-15H,4-5,12-13,16H2,1-3H3/b11-8+. The monoisotopic (exact) mass is 489 g/mol. The minimum Gasteiger partial charge on any atom is -0.496 e. The molecule has 0 aromatic heterocycles. The van der Waals surface area contributed by atoms with Crippen molar-refractivity contribution in [1.29, 1.82) is 0 Å². The van der Waals surface area contributed by atoms with Crippen LogP contribution >= 0.6 is 0 Å². The van der Waals surface area contributed by atoms with Gasteiger partial charge in [0.1, 0.15) is 5.75 Å². The molecule has 10 heteroatoms. The fraction of sp³-hybridized carbons (Fsp3) is 0.333. The predicted molar refractivity (Wildman–Crippen MR) is 125 cm³/mol. The largest absolute Gasteiger partial charge is 0.496 e. The number of benzene rings is 2. The Morgan fingerprint density at radius 1 is 0.912 bits per heavy atom. The summed E-state index contributed by atoms with van der Waals surface area (Å²) in [6.07, 6.45) is 4.33. The van der Waals surface area contributed by atoms with E-state index in [0.29, 0.717) is 35.9 Å². The van der Waals surface area contributed by atoms with E-state index < -0.39 is 28.4 Å². The second-order valence-corrected chi connectivity index (χ2v) is 9.39. The van der Waals surface area contributed by atoms with Gasteiger partial charge in [-0.1, -0.05) is 0 Å². The maximum absolute atomic E-state index is 12.6. The lowest BCUT2D eigenvalue weighted by Crippen LogP contribution is -2.27. The van der Waals surface area contributed by atoms with Gasteiger partial charge in [-0.05, 0) is 49.2 Å². The van der Waals surface area contributed by atoms with Gasteiger partial charge in [0.05, 0.1) is 26.2 Å². The maximum Gasteiger partial charge on any atom is 0.331 e. The number of Topliss-reactive ketones (excluding diaryl/α,β-unsaturated/α-hetero) is 1. The highest BCUT2D eigenvalue weighted by atomic mass is 32.2. The van der Waals surface area contributed by atoms with Crippen molar-refractivity contribution in [2.45, 2.75) is 17.7 Å². The lowest BCUT2D eigenvalue weighted by atomic mass is 10.1. The van der Waals surface area contributed by atoms with Gasteiger partial charge in [-0.2, -0.15) is 4.31 Å². The summed E-state index contributed by atoms with van der Waals surface area (Å²) in [6, 6.07) is 8.90. The minimum absolute atomic E-state index is 0.134. The van der Waals surface area contributed by atoms with Crippen LogP contribution in [0.4, 0.5) is 0 Å². The van der Waals surface area contributed by atoms with Crippen molar-refractivity contribution in [2.75, 3.05) is 41.0 Å². The lowest BCUT2D eigenvalue weighted by Gasteiger charge is -2.15. The molecule has 0 atom stereocenters. The molecule has 0 amide bonds. The number of nitrogens with zero attached hydrogens (tertiary/aromatic N) is 1. The first-order valence-corrected chi connectivity index (χ1v) is 12.0. The molecule has 1 saturated heterocycles. The van der Waals surface area contributed by atoms with Gasteiger partial charge in [0.15, 0.2) is 23.9 Å². The fourth-order valence-corrected chi connectivity index (χ4v) is 5.02. The predicted octanol–water partition coefficient (Wildman–Crippen LogP) is 2.94. The van der Waals surface area contributed by atoms with Crippen LogP contribution in [0.15, 0.2) is 47.4 Å². The number of ketones is 1. The Labute approximate surface area is 198 Å². The van der Waals surface area contributed by atoms with Crippen LogP contribution in [0.2, 0.25) is 0 Å². The number of hydrogen-bond acceptors (Lipinski definition) is 8. The van der Waals surface area contributed by atoms with Gasteiger partial charge in [-0.25, -0.2) is 13.2 Å². The quantitative estimate of drug-likeness (QED) is 0.285. The molecule has 0 unspecified atom stereocenters. The first-order chi connectivity index (χ1) is 16.3. The molecular weight excluding hydrogens is 462 g/mol. The van der Waals surface area contributed by atoms with Crippen molar-refractivity contribution < 1.29 is 37.0 Å². The van der Waals surface area contributed by atoms with Crippen LogP contribution in [-0.2, 0) is 19.6 Å². The SMILES string of the molecule is COc1cc(OC)c(OC)cc1/C=C/C(=O)OCC(=O)c1ccc(S(=O)(=O)N2CCCC2)cc1. The molecule has 0 aliphatic carbocycles. The van der Waals surface area contributed by atoms with E-state index in [2.05, 4.69) is 0 Å². The number of methoxy groups -OCH3 is 3. The highest BCUT2D eigenvalue weighted by Crippen LogP contribution is 2.35. The summed E-state index contributed by atoms with van der Waals surface area (Å²) in [5, 5.41) is 0.